The molecule has 1 amide bonds. The van der Waals surface area contributed by atoms with E-state index in [0.717, 1.165) is 5.56 Å². The van der Waals surface area contributed by atoms with Crippen LogP contribution in [0.25, 0.3) is 0 Å². The maximum absolute atomic E-state index is 12.1. The van der Waals surface area contributed by atoms with E-state index in [4.69, 9.17) is 5.73 Å². The fraction of sp³-hybridized carbons (Fsp3) is 0.533. The zero-order valence-electron chi connectivity index (χ0n) is 12.6. The minimum absolute atomic E-state index is 0. The Bertz CT molecular complexity index is 459. The first kappa shape index (κ1) is 18.7. The Morgan fingerprint density at radius 3 is 2.60 bits per heavy atom. The van der Waals surface area contributed by atoms with Gasteiger partial charge in [0.15, 0.2) is 0 Å². The molecule has 0 fully saturated rings. The molecule has 0 bridgehead atoms. The summed E-state index contributed by atoms with van der Waals surface area (Å²) in [4.78, 5) is 12.1. The van der Waals surface area contributed by atoms with Gasteiger partial charge in [-0.3, -0.25) is 4.79 Å². The number of aliphatic hydroxyl groups is 1. The number of nitrogen functional groups attached to an aromatic ring is 1. The predicted molar refractivity (Wildman–Crippen MR) is 85.3 cm³/mol. The van der Waals surface area contributed by atoms with Crippen LogP contribution in [-0.2, 0) is 0 Å². The summed E-state index contributed by atoms with van der Waals surface area (Å²) in [6.45, 7) is 8.20. The molecule has 0 saturated heterocycles. The average Bonchev–Trinajstić information content (AvgIpc) is 2.27. The number of carbonyl (C=O) groups is 1. The quantitative estimate of drug-likeness (QED) is 0.731. The van der Waals surface area contributed by atoms with E-state index < -0.39 is 0 Å². The monoisotopic (exact) mass is 300 g/mol. The predicted octanol–water partition coefficient (Wildman–Crippen LogP) is 2.53. The molecule has 5 heteroatoms. The standard InChI is InChI=1S/C15H24N2O2.ClH/c1-10-5-6-12(16)7-13(10)14(19)17-9-15(3,4)8-11(2)18;/h5-7,11,18H,8-9,16H2,1-4H3,(H,17,19);1H. The molecule has 1 unspecified atom stereocenters. The molecule has 0 aromatic heterocycles. The summed E-state index contributed by atoms with van der Waals surface area (Å²) < 4.78 is 0. The third-order valence-corrected chi connectivity index (χ3v) is 3.08. The van der Waals surface area contributed by atoms with Crippen molar-refractivity contribution in [3.05, 3.63) is 29.3 Å². The lowest BCUT2D eigenvalue weighted by atomic mass is 9.87. The van der Waals surface area contributed by atoms with E-state index in [1.54, 1.807) is 19.1 Å². The van der Waals surface area contributed by atoms with E-state index in [1.807, 2.05) is 26.8 Å². The number of hydrogen-bond donors (Lipinski definition) is 3. The van der Waals surface area contributed by atoms with Crippen molar-refractivity contribution in [2.45, 2.75) is 40.2 Å². The molecule has 4 nitrogen and oxygen atoms in total. The molecule has 114 valence electrons. The van der Waals surface area contributed by atoms with Crippen LogP contribution in [0.3, 0.4) is 0 Å². The van der Waals surface area contributed by atoms with Crippen LogP contribution in [0, 0.1) is 12.3 Å². The second-order valence-electron chi connectivity index (χ2n) is 5.97. The van der Waals surface area contributed by atoms with E-state index >= 15 is 0 Å². The van der Waals surface area contributed by atoms with Crippen molar-refractivity contribution in [2.75, 3.05) is 12.3 Å². The average molecular weight is 301 g/mol. The SMILES string of the molecule is Cc1ccc(N)cc1C(=O)NCC(C)(C)CC(C)O.Cl. The molecule has 1 aromatic rings. The molecule has 20 heavy (non-hydrogen) atoms. The van der Waals surface area contributed by atoms with Crippen LogP contribution in [0.5, 0.6) is 0 Å². The second kappa shape index (κ2) is 7.50. The fourth-order valence-corrected chi connectivity index (χ4v) is 2.17. The molecular formula is C15H25ClN2O2. The first-order valence-corrected chi connectivity index (χ1v) is 6.54. The number of aliphatic hydroxyl groups excluding tert-OH is 1. The van der Waals surface area contributed by atoms with Gasteiger partial charge in [-0.15, -0.1) is 12.4 Å². The Hall–Kier alpha value is -1.26. The van der Waals surface area contributed by atoms with Gasteiger partial charge in [-0.2, -0.15) is 0 Å². The molecule has 0 heterocycles. The van der Waals surface area contributed by atoms with Crippen molar-refractivity contribution < 1.29 is 9.90 Å². The lowest BCUT2D eigenvalue weighted by Crippen LogP contribution is -2.36. The third kappa shape index (κ3) is 5.80. The zero-order chi connectivity index (χ0) is 14.6. The van der Waals surface area contributed by atoms with Gasteiger partial charge in [0, 0.05) is 17.8 Å². The molecule has 0 radical (unpaired) electrons. The third-order valence-electron chi connectivity index (χ3n) is 3.08. The highest BCUT2D eigenvalue weighted by Gasteiger charge is 2.21. The van der Waals surface area contributed by atoms with Crippen LogP contribution < -0.4 is 11.1 Å². The molecule has 0 aliphatic heterocycles. The summed E-state index contributed by atoms with van der Waals surface area (Å²) in [7, 11) is 0. The molecule has 1 aromatic carbocycles. The van der Waals surface area contributed by atoms with Gasteiger partial charge in [-0.1, -0.05) is 19.9 Å². The first-order chi connectivity index (χ1) is 8.71. The van der Waals surface area contributed by atoms with Gasteiger partial charge in [0.1, 0.15) is 0 Å². The fourth-order valence-electron chi connectivity index (χ4n) is 2.17. The van der Waals surface area contributed by atoms with Crippen LogP contribution in [0.2, 0.25) is 0 Å². The Kier molecular flexibility index (Phi) is 7.03. The second-order valence-corrected chi connectivity index (χ2v) is 5.97. The maximum atomic E-state index is 12.1. The number of nitrogens with one attached hydrogen (secondary N) is 1. The summed E-state index contributed by atoms with van der Waals surface area (Å²) in [6, 6.07) is 5.31. The highest BCUT2D eigenvalue weighted by Crippen LogP contribution is 2.21. The van der Waals surface area contributed by atoms with Gasteiger partial charge < -0.3 is 16.2 Å². The Morgan fingerprint density at radius 2 is 2.05 bits per heavy atom. The Labute approximate surface area is 127 Å². The van der Waals surface area contributed by atoms with Crippen molar-refractivity contribution in [3.8, 4) is 0 Å². The number of nitrogens with two attached hydrogens (primary N) is 1. The minimum atomic E-state index is -0.374. The van der Waals surface area contributed by atoms with Gasteiger partial charge in [0.05, 0.1) is 6.10 Å². The van der Waals surface area contributed by atoms with Crippen molar-refractivity contribution in [3.63, 3.8) is 0 Å². The van der Waals surface area contributed by atoms with E-state index in [9.17, 15) is 9.90 Å². The lowest BCUT2D eigenvalue weighted by molar-refractivity contribution is 0.0901. The largest absolute Gasteiger partial charge is 0.399 e. The molecule has 0 aliphatic carbocycles. The molecule has 1 rings (SSSR count). The maximum Gasteiger partial charge on any atom is 0.251 e. The Balaban J connectivity index is 0.00000361. The van der Waals surface area contributed by atoms with Gasteiger partial charge in [0.2, 0.25) is 0 Å². The van der Waals surface area contributed by atoms with Crippen molar-refractivity contribution in [2.24, 2.45) is 5.41 Å². The number of amides is 1. The van der Waals surface area contributed by atoms with Crippen LogP contribution in [0.1, 0.15) is 43.1 Å². The number of hydrogen-bond acceptors (Lipinski definition) is 3. The topological polar surface area (TPSA) is 75.4 Å². The van der Waals surface area contributed by atoms with Gasteiger partial charge >= 0.3 is 0 Å². The number of rotatable bonds is 5. The van der Waals surface area contributed by atoms with Gasteiger partial charge in [0.25, 0.3) is 5.91 Å². The van der Waals surface area contributed by atoms with E-state index in [2.05, 4.69) is 5.32 Å². The van der Waals surface area contributed by atoms with E-state index in [-0.39, 0.29) is 29.8 Å². The van der Waals surface area contributed by atoms with Crippen LogP contribution in [0.4, 0.5) is 5.69 Å². The summed E-state index contributed by atoms with van der Waals surface area (Å²) in [5.74, 6) is -0.122. The number of carbonyl (C=O) groups excluding carboxylic acids is 1. The molecule has 0 spiro atoms. The molecule has 4 N–H and O–H groups in total. The molecule has 1 atom stereocenters. The molecular weight excluding hydrogens is 276 g/mol. The highest BCUT2D eigenvalue weighted by atomic mass is 35.5. The molecule has 0 saturated carbocycles. The number of halogens is 1. The minimum Gasteiger partial charge on any atom is -0.399 e. The first-order valence-electron chi connectivity index (χ1n) is 6.54. The zero-order valence-corrected chi connectivity index (χ0v) is 13.4. The van der Waals surface area contributed by atoms with Crippen molar-refractivity contribution >= 4 is 24.0 Å². The number of aryl methyl sites for hydroxylation is 1. The Morgan fingerprint density at radius 1 is 1.45 bits per heavy atom. The smallest absolute Gasteiger partial charge is 0.251 e. The highest BCUT2D eigenvalue weighted by molar-refractivity contribution is 5.96. The van der Waals surface area contributed by atoms with Crippen molar-refractivity contribution in [1.82, 2.24) is 5.32 Å². The normalized spacial score (nSPS) is 12.4. The summed E-state index contributed by atoms with van der Waals surface area (Å²) >= 11 is 0. The van der Waals surface area contributed by atoms with Crippen molar-refractivity contribution in [1.29, 1.82) is 0 Å². The summed E-state index contributed by atoms with van der Waals surface area (Å²) in [5.41, 5.74) is 7.65. The summed E-state index contributed by atoms with van der Waals surface area (Å²) in [6.07, 6.45) is 0.268. The van der Waals surface area contributed by atoms with E-state index in [1.165, 1.54) is 0 Å². The van der Waals surface area contributed by atoms with Gasteiger partial charge in [-0.25, -0.2) is 0 Å². The van der Waals surface area contributed by atoms with Crippen LogP contribution >= 0.6 is 12.4 Å². The van der Waals surface area contributed by atoms with Crippen LogP contribution in [0.15, 0.2) is 18.2 Å². The van der Waals surface area contributed by atoms with Gasteiger partial charge in [-0.05, 0) is 43.4 Å². The lowest BCUT2D eigenvalue weighted by Gasteiger charge is -2.26. The van der Waals surface area contributed by atoms with E-state index in [0.29, 0.717) is 24.2 Å². The number of benzene rings is 1. The van der Waals surface area contributed by atoms with Crippen LogP contribution in [-0.4, -0.2) is 23.7 Å². The summed E-state index contributed by atoms with van der Waals surface area (Å²) in [5, 5.41) is 12.3. The molecule has 0 aliphatic rings. The number of anilines is 1.